The molecule has 0 bridgehead atoms. The van der Waals surface area contributed by atoms with E-state index in [-0.39, 0.29) is 18.4 Å². The molecule has 0 saturated heterocycles. The quantitative estimate of drug-likeness (QED) is 0.652. The highest BCUT2D eigenvalue weighted by atomic mass is 16.3. The van der Waals surface area contributed by atoms with Gasteiger partial charge in [-0.05, 0) is 30.0 Å². The molecule has 0 aliphatic heterocycles. The molecule has 0 amide bonds. The normalized spacial score (nSPS) is 23.2. The molecule has 0 radical (unpaired) electrons. The fourth-order valence-corrected chi connectivity index (χ4v) is 2.72. The van der Waals surface area contributed by atoms with Gasteiger partial charge in [0.1, 0.15) is 5.75 Å². The SMILES string of the molecule is CC(C)NC1CCc2c(ccc(O)c2CO)C1O. The number of hydrogen-bond donors (Lipinski definition) is 4. The van der Waals surface area contributed by atoms with Crippen LogP contribution in [0.25, 0.3) is 0 Å². The van der Waals surface area contributed by atoms with Gasteiger partial charge in [0.25, 0.3) is 0 Å². The van der Waals surface area contributed by atoms with Crippen LogP contribution in [0.4, 0.5) is 0 Å². The van der Waals surface area contributed by atoms with Crippen molar-refractivity contribution in [1.82, 2.24) is 5.32 Å². The van der Waals surface area contributed by atoms with Crippen LogP contribution in [0, 0.1) is 0 Å². The van der Waals surface area contributed by atoms with E-state index in [1.54, 1.807) is 12.1 Å². The van der Waals surface area contributed by atoms with Gasteiger partial charge >= 0.3 is 0 Å². The van der Waals surface area contributed by atoms with Crippen LogP contribution in [0.15, 0.2) is 12.1 Å². The van der Waals surface area contributed by atoms with Crippen molar-refractivity contribution >= 4 is 0 Å². The Balaban J connectivity index is 2.33. The fraction of sp³-hybridized carbons (Fsp3) is 0.571. The first kappa shape index (κ1) is 13.3. The zero-order valence-electron chi connectivity index (χ0n) is 10.8. The number of phenols is 1. The molecule has 0 aromatic heterocycles. The van der Waals surface area contributed by atoms with Crippen LogP contribution in [0.1, 0.15) is 43.1 Å². The van der Waals surface area contributed by atoms with Gasteiger partial charge in [0.15, 0.2) is 0 Å². The monoisotopic (exact) mass is 251 g/mol. The van der Waals surface area contributed by atoms with E-state index in [1.165, 1.54) is 0 Å². The van der Waals surface area contributed by atoms with Crippen LogP contribution in [-0.2, 0) is 13.0 Å². The number of aromatic hydroxyl groups is 1. The number of benzene rings is 1. The van der Waals surface area contributed by atoms with E-state index in [9.17, 15) is 15.3 Å². The van der Waals surface area contributed by atoms with E-state index in [2.05, 4.69) is 19.2 Å². The summed E-state index contributed by atoms with van der Waals surface area (Å²) in [6.07, 6.45) is 0.992. The fourth-order valence-electron chi connectivity index (χ4n) is 2.72. The van der Waals surface area contributed by atoms with Gasteiger partial charge in [0, 0.05) is 17.6 Å². The average Bonchev–Trinajstić information content (AvgIpc) is 2.32. The standard InChI is InChI=1S/C14H21NO3/c1-8(2)15-12-5-3-9-10(14(12)18)4-6-13(17)11(9)7-16/h4,6,8,12,14-18H,3,5,7H2,1-2H3. The topological polar surface area (TPSA) is 72.7 Å². The second-order valence-corrected chi connectivity index (χ2v) is 5.20. The predicted octanol–water partition coefficient (Wildman–Crippen LogP) is 1.23. The summed E-state index contributed by atoms with van der Waals surface area (Å²) in [4.78, 5) is 0. The summed E-state index contributed by atoms with van der Waals surface area (Å²) < 4.78 is 0. The molecular formula is C14H21NO3. The highest BCUT2D eigenvalue weighted by Crippen LogP contribution is 2.35. The van der Waals surface area contributed by atoms with Gasteiger partial charge in [-0.25, -0.2) is 0 Å². The van der Waals surface area contributed by atoms with Crippen molar-refractivity contribution in [3.8, 4) is 5.75 Å². The Bertz CT molecular complexity index is 431. The van der Waals surface area contributed by atoms with Crippen LogP contribution >= 0.6 is 0 Å². The van der Waals surface area contributed by atoms with Gasteiger partial charge in [0.05, 0.1) is 12.7 Å². The first-order valence-corrected chi connectivity index (χ1v) is 6.43. The van der Waals surface area contributed by atoms with E-state index >= 15 is 0 Å². The van der Waals surface area contributed by atoms with E-state index in [0.29, 0.717) is 11.6 Å². The Morgan fingerprint density at radius 1 is 1.39 bits per heavy atom. The van der Waals surface area contributed by atoms with Gasteiger partial charge in [-0.15, -0.1) is 0 Å². The summed E-state index contributed by atoms with van der Waals surface area (Å²) in [5.74, 6) is 0.110. The maximum atomic E-state index is 10.4. The van der Waals surface area contributed by atoms with Crippen LogP contribution in [0.2, 0.25) is 0 Å². The summed E-state index contributed by atoms with van der Waals surface area (Å²) in [6, 6.07) is 3.66. The molecule has 0 heterocycles. The first-order valence-electron chi connectivity index (χ1n) is 6.43. The van der Waals surface area contributed by atoms with Crippen molar-refractivity contribution in [2.75, 3.05) is 0 Å². The van der Waals surface area contributed by atoms with Crippen molar-refractivity contribution < 1.29 is 15.3 Å². The highest BCUT2D eigenvalue weighted by Gasteiger charge is 2.30. The highest BCUT2D eigenvalue weighted by molar-refractivity contribution is 5.46. The third-order valence-corrected chi connectivity index (χ3v) is 3.55. The van der Waals surface area contributed by atoms with Gasteiger partial charge in [-0.3, -0.25) is 0 Å². The lowest BCUT2D eigenvalue weighted by Crippen LogP contribution is -2.42. The number of aliphatic hydroxyl groups is 2. The second kappa shape index (κ2) is 5.26. The molecule has 4 N–H and O–H groups in total. The molecule has 4 heteroatoms. The Morgan fingerprint density at radius 2 is 2.11 bits per heavy atom. The number of fused-ring (bicyclic) bond motifs is 1. The van der Waals surface area contributed by atoms with Crippen molar-refractivity contribution in [1.29, 1.82) is 0 Å². The minimum atomic E-state index is -0.581. The van der Waals surface area contributed by atoms with Crippen molar-refractivity contribution in [2.24, 2.45) is 0 Å². The molecule has 100 valence electrons. The molecule has 0 fully saturated rings. The smallest absolute Gasteiger partial charge is 0.121 e. The molecule has 2 atom stereocenters. The number of rotatable bonds is 3. The van der Waals surface area contributed by atoms with Crippen LogP contribution in [0.3, 0.4) is 0 Å². The van der Waals surface area contributed by atoms with E-state index in [0.717, 1.165) is 24.0 Å². The molecule has 1 aliphatic rings. The maximum absolute atomic E-state index is 10.4. The molecule has 4 nitrogen and oxygen atoms in total. The third kappa shape index (κ3) is 2.36. The lowest BCUT2D eigenvalue weighted by Gasteiger charge is -2.33. The average molecular weight is 251 g/mol. The minimum absolute atomic E-state index is 0.0357. The van der Waals surface area contributed by atoms with Gasteiger partial charge < -0.3 is 20.6 Å². The molecule has 1 aromatic rings. The van der Waals surface area contributed by atoms with Gasteiger partial charge in [-0.2, -0.15) is 0 Å². The lowest BCUT2D eigenvalue weighted by atomic mass is 9.83. The molecule has 2 unspecified atom stereocenters. The third-order valence-electron chi connectivity index (χ3n) is 3.55. The van der Waals surface area contributed by atoms with Crippen molar-refractivity contribution in [2.45, 2.75) is 51.5 Å². The van der Waals surface area contributed by atoms with Gasteiger partial charge in [0.2, 0.25) is 0 Å². The Hall–Kier alpha value is -1.10. The Morgan fingerprint density at radius 3 is 2.72 bits per heavy atom. The molecular weight excluding hydrogens is 230 g/mol. The zero-order chi connectivity index (χ0) is 13.3. The maximum Gasteiger partial charge on any atom is 0.121 e. The zero-order valence-corrected chi connectivity index (χ0v) is 10.8. The number of hydrogen-bond acceptors (Lipinski definition) is 4. The first-order chi connectivity index (χ1) is 8.54. The van der Waals surface area contributed by atoms with Crippen LogP contribution in [0.5, 0.6) is 5.75 Å². The number of aliphatic hydroxyl groups excluding tert-OH is 2. The summed E-state index contributed by atoms with van der Waals surface area (Å²) in [6.45, 7) is 3.92. The molecule has 1 aromatic carbocycles. The minimum Gasteiger partial charge on any atom is -0.508 e. The summed E-state index contributed by atoms with van der Waals surface area (Å²) in [5, 5.41) is 32.7. The van der Waals surface area contributed by atoms with Crippen molar-refractivity contribution in [3.63, 3.8) is 0 Å². The molecule has 1 aliphatic carbocycles. The van der Waals surface area contributed by atoms with Crippen molar-refractivity contribution in [3.05, 3.63) is 28.8 Å². The van der Waals surface area contributed by atoms with Crippen LogP contribution in [-0.4, -0.2) is 27.4 Å². The molecule has 2 rings (SSSR count). The molecule has 0 saturated carbocycles. The van der Waals surface area contributed by atoms with Crippen LogP contribution < -0.4 is 5.32 Å². The molecule has 0 spiro atoms. The predicted molar refractivity (Wildman–Crippen MR) is 69.4 cm³/mol. The summed E-state index contributed by atoms with van der Waals surface area (Å²) in [5.41, 5.74) is 2.27. The summed E-state index contributed by atoms with van der Waals surface area (Å²) >= 11 is 0. The molecule has 18 heavy (non-hydrogen) atoms. The largest absolute Gasteiger partial charge is 0.508 e. The number of nitrogens with one attached hydrogen (secondary N) is 1. The van der Waals surface area contributed by atoms with E-state index < -0.39 is 6.10 Å². The summed E-state index contributed by atoms with van der Waals surface area (Å²) in [7, 11) is 0. The van der Waals surface area contributed by atoms with E-state index in [1.807, 2.05) is 0 Å². The van der Waals surface area contributed by atoms with Gasteiger partial charge in [-0.1, -0.05) is 19.9 Å². The van der Waals surface area contributed by atoms with E-state index in [4.69, 9.17) is 0 Å². The second-order valence-electron chi connectivity index (χ2n) is 5.20. The Labute approximate surface area is 107 Å². The lowest BCUT2D eigenvalue weighted by molar-refractivity contribution is 0.110. The Kier molecular flexibility index (Phi) is 3.90.